The highest BCUT2D eigenvalue weighted by atomic mass is 16.6. The van der Waals surface area contributed by atoms with Crippen molar-refractivity contribution in [2.45, 2.75) is 43.6 Å². The molecule has 6 nitrogen and oxygen atoms in total. The average molecular weight is 522 g/mol. The minimum atomic E-state index is -0.934. The Morgan fingerprint density at radius 2 is 1.74 bits per heavy atom. The summed E-state index contributed by atoms with van der Waals surface area (Å²) in [6, 6.07) is 30.3. The van der Waals surface area contributed by atoms with E-state index in [2.05, 4.69) is 65.4 Å². The molecule has 2 heterocycles. The first-order valence-corrected chi connectivity index (χ1v) is 13.4. The molecule has 39 heavy (non-hydrogen) atoms. The third kappa shape index (κ3) is 5.98. The number of benzene rings is 3. The van der Waals surface area contributed by atoms with Crippen LogP contribution in [-0.4, -0.2) is 27.9 Å². The van der Waals surface area contributed by atoms with Crippen molar-refractivity contribution in [1.82, 2.24) is 4.57 Å². The minimum absolute atomic E-state index is 0.0400. The number of hydrogen-bond donors (Lipinski definition) is 1. The van der Waals surface area contributed by atoms with Gasteiger partial charge in [0.1, 0.15) is 23.7 Å². The second-order valence-electron chi connectivity index (χ2n) is 10.1. The number of allylic oxidation sites excluding steroid dienone is 1. The van der Waals surface area contributed by atoms with E-state index < -0.39 is 11.6 Å². The fourth-order valence-corrected chi connectivity index (χ4v) is 4.85. The molecule has 4 aromatic rings. The number of hydrogen-bond acceptors (Lipinski definition) is 4. The summed E-state index contributed by atoms with van der Waals surface area (Å²) in [6.45, 7) is 1.16. The second-order valence-corrected chi connectivity index (χ2v) is 10.1. The molecule has 1 saturated carbocycles. The van der Waals surface area contributed by atoms with E-state index in [9.17, 15) is 9.90 Å². The fraction of sp³-hybridized carbons (Fsp3) is 0.242. The molecule has 6 heteroatoms. The number of epoxide rings is 1. The third-order valence-electron chi connectivity index (χ3n) is 7.26. The fourth-order valence-electron chi connectivity index (χ4n) is 4.85. The van der Waals surface area contributed by atoms with Gasteiger partial charge < -0.3 is 23.9 Å². The Hall–Kier alpha value is -4.13. The number of nitrogens with zero attached hydrogens (tertiary/aromatic N) is 1. The summed E-state index contributed by atoms with van der Waals surface area (Å²) in [5.74, 6) is 0.775. The number of rotatable bonds is 12. The summed E-state index contributed by atoms with van der Waals surface area (Å²) in [5.41, 5.74) is 3.61. The summed E-state index contributed by atoms with van der Waals surface area (Å²) >= 11 is 0. The van der Waals surface area contributed by atoms with Crippen molar-refractivity contribution in [1.29, 1.82) is 0 Å². The Labute approximate surface area is 228 Å². The van der Waals surface area contributed by atoms with Gasteiger partial charge in [-0.05, 0) is 72.4 Å². The molecule has 0 radical (unpaired) electrons. The first kappa shape index (κ1) is 25.2. The Morgan fingerprint density at radius 3 is 2.51 bits per heavy atom. The second kappa shape index (κ2) is 10.9. The van der Waals surface area contributed by atoms with Crippen molar-refractivity contribution in [2.24, 2.45) is 0 Å². The highest BCUT2D eigenvalue weighted by Gasteiger charge is 2.51. The number of aromatic nitrogens is 1. The van der Waals surface area contributed by atoms with Crippen molar-refractivity contribution in [3.05, 3.63) is 126 Å². The highest BCUT2D eigenvalue weighted by molar-refractivity contribution is 5.80. The number of carboxylic acids is 1. The summed E-state index contributed by atoms with van der Waals surface area (Å²) in [7, 11) is 0. The van der Waals surface area contributed by atoms with Crippen LogP contribution in [0.25, 0.3) is 6.08 Å². The molecule has 3 aromatic carbocycles. The lowest BCUT2D eigenvalue weighted by Gasteiger charge is -2.11. The van der Waals surface area contributed by atoms with Gasteiger partial charge in [-0.1, -0.05) is 66.7 Å². The predicted molar refractivity (Wildman–Crippen MR) is 149 cm³/mol. The maximum atomic E-state index is 11.3. The molecule has 2 aliphatic rings. The minimum Gasteiger partial charge on any atom is -0.479 e. The van der Waals surface area contributed by atoms with E-state index in [1.54, 1.807) is 0 Å². The Bertz CT molecular complexity index is 1450. The van der Waals surface area contributed by atoms with E-state index in [1.807, 2.05) is 48.5 Å². The van der Waals surface area contributed by atoms with E-state index in [4.69, 9.17) is 14.2 Å². The monoisotopic (exact) mass is 521 g/mol. The standard InChI is InChI=1S/C33H31NO5/c35-32(36)33(18-19-33)37-22-17-25-8-4-7-24(23-25)9-5-20-34-21-6-12-29(34)31-30(39-31)26-13-15-28(16-14-26)38-27-10-2-1-3-11-27/h1-16,21,23,30-31H,17-20,22H2,(H,35,36)/b9-5+. The Kier molecular flexibility index (Phi) is 7.05. The van der Waals surface area contributed by atoms with Crippen LogP contribution in [0.1, 0.15) is 47.4 Å². The molecule has 2 atom stereocenters. The first-order chi connectivity index (χ1) is 19.1. The highest BCUT2D eigenvalue weighted by Crippen LogP contribution is 2.51. The normalized spacial score (nSPS) is 19.2. The van der Waals surface area contributed by atoms with Crippen molar-refractivity contribution in [3.8, 4) is 11.5 Å². The lowest BCUT2D eigenvalue weighted by atomic mass is 10.1. The maximum absolute atomic E-state index is 11.3. The summed E-state index contributed by atoms with van der Waals surface area (Å²) < 4.78 is 19.8. The van der Waals surface area contributed by atoms with Gasteiger partial charge >= 0.3 is 5.97 Å². The van der Waals surface area contributed by atoms with Crippen LogP contribution in [0.2, 0.25) is 0 Å². The van der Waals surface area contributed by atoms with Gasteiger partial charge in [-0.25, -0.2) is 4.79 Å². The van der Waals surface area contributed by atoms with Gasteiger partial charge in [0.05, 0.1) is 12.3 Å². The third-order valence-corrected chi connectivity index (χ3v) is 7.26. The molecule has 0 bridgehead atoms. The van der Waals surface area contributed by atoms with Gasteiger partial charge in [-0.15, -0.1) is 0 Å². The molecule has 2 fully saturated rings. The quantitative estimate of drug-likeness (QED) is 0.204. The average Bonchev–Trinajstić information content (AvgIpc) is 3.87. The SMILES string of the molecule is O=C(O)C1(OCCc2cccc(/C=C/Cn3cccc3C3OC3c3ccc(Oc4ccccc4)cc3)c2)CC1. The van der Waals surface area contributed by atoms with Crippen LogP contribution in [0, 0.1) is 0 Å². The van der Waals surface area contributed by atoms with Crippen LogP contribution in [0.15, 0.2) is 103 Å². The van der Waals surface area contributed by atoms with E-state index in [-0.39, 0.29) is 12.2 Å². The summed E-state index contributed by atoms with van der Waals surface area (Å²) in [4.78, 5) is 11.3. The summed E-state index contributed by atoms with van der Waals surface area (Å²) in [5, 5.41) is 9.26. The molecular weight excluding hydrogens is 490 g/mol. The van der Waals surface area contributed by atoms with Crippen molar-refractivity contribution < 1.29 is 24.1 Å². The Balaban J connectivity index is 1.02. The van der Waals surface area contributed by atoms with Crippen LogP contribution in [-0.2, 0) is 27.2 Å². The molecule has 1 N–H and O–H groups in total. The molecule has 6 rings (SSSR count). The molecule has 198 valence electrons. The van der Waals surface area contributed by atoms with Crippen molar-refractivity contribution in [2.75, 3.05) is 6.61 Å². The topological polar surface area (TPSA) is 73.2 Å². The van der Waals surface area contributed by atoms with Crippen molar-refractivity contribution in [3.63, 3.8) is 0 Å². The lowest BCUT2D eigenvalue weighted by molar-refractivity contribution is -0.153. The van der Waals surface area contributed by atoms with Gasteiger partial charge in [0, 0.05) is 12.7 Å². The zero-order chi connectivity index (χ0) is 26.7. The zero-order valence-corrected chi connectivity index (χ0v) is 21.6. The molecule has 1 aromatic heterocycles. The van der Waals surface area contributed by atoms with Gasteiger partial charge in [-0.3, -0.25) is 0 Å². The molecular formula is C33H31NO5. The van der Waals surface area contributed by atoms with Crippen LogP contribution in [0.3, 0.4) is 0 Å². The van der Waals surface area contributed by atoms with Gasteiger partial charge in [-0.2, -0.15) is 0 Å². The van der Waals surface area contributed by atoms with E-state index in [0.29, 0.717) is 25.9 Å². The number of para-hydroxylation sites is 1. The van der Waals surface area contributed by atoms with E-state index in [1.165, 1.54) is 0 Å². The largest absolute Gasteiger partial charge is 0.479 e. The number of carboxylic acid groups (broad SMARTS) is 1. The number of carbonyl (C=O) groups is 1. The smallest absolute Gasteiger partial charge is 0.335 e. The van der Waals surface area contributed by atoms with Crippen LogP contribution in [0.5, 0.6) is 11.5 Å². The Morgan fingerprint density at radius 1 is 0.949 bits per heavy atom. The van der Waals surface area contributed by atoms with Crippen LogP contribution < -0.4 is 4.74 Å². The molecule has 2 unspecified atom stereocenters. The molecule has 1 aliphatic heterocycles. The molecule has 0 spiro atoms. The summed E-state index contributed by atoms with van der Waals surface area (Å²) in [6.07, 6.45) is 8.34. The number of ether oxygens (including phenoxy) is 3. The number of aliphatic carboxylic acids is 1. The molecule has 0 amide bonds. The van der Waals surface area contributed by atoms with Gasteiger partial charge in [0.15, 0.2) is 5.60 Å². The van der Waals surface area contributed by atoms with Crippen LogP contribution in [0.4, 0.5) is 0 Å². The lowest BCUT2D eigenvalue weighted by Crippen LogP contribution is -2.26. The van der Waals surface area contributed by atoms with Gasteiger partial charge in [0.25, 0.3) is 0 Å². The molecule has 1 saturated heterocycles. The van der Waals surface area contributed by atoms with E-state index in [0.717, 1.165) is 40.4 Å². The maximum Gasteiger partial charge on any atom is 0.335 e. The van der Waals surface area contributed by atoms with E-state index >= 15 is 0 Å². The predicted octanol–water partition coefficient (Wildman–Crippen LogP) is 6.98. The van der Waals surface area contributed by atoms with Gasteiger partial charge in [0.2, 0.25) is 0 Å². The van der Waals surface area contributed by atoms with Crippen molar-refractivity contribution >= 4 is 12.0 Å². The van der Waals surface area contributed by atoms with Crippen LogP contribution >= 0.6 is 0 Å². The zero-order valence-electron chi connectivity index (χ0n) is 21.6. The molecule has 1 aliphatic carbocycles. The first-order valence-electron chi connectivity index (χ1n) is 13.4.